The average molecular weight is 205 g/mol. The van der Waals surface area contributed by atoms with Crippen molar-refractivity contribution in [1.29, 1.82) is 0 Å². The topological polar surface area (TPSA) is 12.4 Å². The molecule has 1 nitrogen and oxygen atoms in total. The lowest BCUT2D eigenvalue weighted by molar-refractivity contribution is 0.748. The molecule has 0 N–H and O–H groups in total. The van der Waals surface area contributed by atoms with E-state index in [1.54, 1.807) is 0 Å². The van der Waals surface area contributed by atoms with Crippen LogP contribution in [0.1, 0.15) is 19.4 Å². The van der Waals surface area contributed by atoms with Crippen LogP contribution in [0.15, 0.2) is 35.3 Å². The summed E-state index contributed by atoms with van der Waals surface area (Å²) < 4.78 is 0. The Morgan fingerprint density at radius 3 is 2.50 bits per heavy atom. The monoisotopic (exact) mass is 205 g/mol. The van der Waals surface area contributed by atoms with Gasteiger partial charge in [0.15, 0.2) is 0 Å². The second-order valence-corrected chi connectivity index (χ2v) is 5.20. The summed E-state index contributed by atoms with van der Waals surface area (Å²) in [5.74, 6) is 0. The van der Waals surface area contributed by atoms with Crippen molar-refractivity contribution in [2.24, 2.45) is 4.99 Å². The highest BCUT2D eigenvalue weighted by Crippen LogP contribution is 2.27. The second kappa shape index (κ2) is 4.18. The van der Waals surface area contributed by atoms with Crippen LogP contribution in [0.5, 0.6) is 0 Å². The van der Waals surface area contributed by atoms with Crippen molar-refractivity contribution in [2.75, 3.05) is 0 Å². The van der Waals surface area contributed by atoms with Gasteiger partial charge in [-0.1, -0.05) is 37.3 Å². The SMILES string of the molecule is C[C@@H]1SC(Cc2ccccc2)=N[C@@H]1C. The highest BCUT2D eigenvalue weighted by atomic mass is 32.2. The molecule has 2 atom stereocenters. The minimum atomic E-state index is 0.485. The zero-order chi connectivity index (χ0) is 9.97. The van der Waals surface area contributed by atoms with Crippen LogP contribution in [0.25, 0.3) is 0 Å². The van der Waals surface area contributed by atoms with Crippen molar-refractivity contribution >= 4 is 16.8 Å². The lowest BCUT2D eigenvalue weighted by Gasteiger charge is -2.03. The van der Waals surface area contributed by atoms with E-state index < -0.39 is 0 Å². The summed E-state index contributed by atoms with van der Waals surface area (Å²) in [4.78, 5) is 4.64. The first kappa shape index (κ1) is 9.78. The van der Waals surface area contributed by atoms with Gasteiger partial charge in [-0.2, -0.15) is 0 Å². The molecule has 0 saturated carbocycles. The van der Waals surface area contributed by atoms with E-state index in [1.807, 2.05) is 11.8 Å². The van der Waals surface area contributed by atoms with E-state index >= 15 is 0 Å². The molecular formula is C12H15NS. The Bertz CT molecular complexity index is 331. The molecule has 0 fully saturated rings. The smallest absolute Gasteiger partial charge is 0.0726 e. The van der Waals surface area contributed by atoms with Crippen molar-refractivity contribution < 1.29 is 0 Å². The van der Waals surface area contributed by atoms with Crippen LogP contribution in [0.3, 0.4) is 0 Å². The Balaban J connectivity index is 2.03. The van der Waals surface area contributed by atoms with Gasteiger partial charge in [0.2, 0.25) is 0 Å². The molecule has 74 valence electrons. The van der Waals surface area contributed by atoms with Crippen molar-refractivity contribution in [2.45, 2.75) is 31.6 Å². The van der Waals surface area contributed by atoms with Gasteiger partial charge in [0, 0.05) is 11.7 Å². The third kappa shape index (κ3) is 2.18. The Labute approximate surface area is 89.6 Å². The van der Waals surface area contributed by atoms with Gasteiger partial charge in [-0.05, 0) is 12.5 Å². The second-order valence-electron chi connectivity index (χ2n) is 3.75. The van der Waals surface area contributed by atoms with Crippen molar-refractivity contribution in [3.63, 3.8) is 0 Å². The number of hydrogen-bond donors (Lipinski definition) is 0. The fourth-order valence-corrected chi connectivity index (χ4v) is 2.70. The van der Waals surface area contributed by atoms with Gasteiger partial charge in [-0.25, -0.2) is 0 Å². The Morgan fingerprint density at radius 1 is 1.21 bits per heavy atom. The van der Waals surface area contributed by atoms with E-state index in [0.717, 1.165) is 6.42 Å². The Morgan fingerprint density at radius 2 is 1.93 bits per heavy atom. The molecule has 0 aliphatic carbocycles. The summed E-state index contributed by atoms with van der Waals surface area (Å²) in [6.07, 6.45) is 1.00. The summed E-state index contributed by atoms with van der Waals surface area (Å²) in [5.41, 5.74) is 1.36. The number of thioether (sulfide) groups is 1. The molecule has 2 heteroatoms. The fraction of sp³-hybridized carbons (Fsp3) is 0.417. The molecule has 0 radical (unpaired) electrons. The van der Waals surface area contributed by atoms with Crippen LogP contribution in [0.4, 0.5) is 0 Å². The lowest BCUT2D eigenvalue weighted by Crippen LogP contribution is -2.07. The predicted octanol–water partition coefficient (Wildman–Crippen LogP) is 3.15. The van der Waals surface area contributed by atoms with E-state index in [1.165, 1.54) is 10.6 Å². The van der Waals surface area contributed by atoms with E-state index in [9.17, 15) is 0 Å². The minimum Gasteiger partial charge on any atom is -0.278 e. The molecule has 2 rings (SSSR count). The zero-order valence-electron chi connectivity index (χ0n) is 8.60. The third-order valence-corrected chi connectivity index (χ3v) is 3.83. The highest BCUT2D eigenvalue weighted by molar-refractivity contribution is 8.14. The normalized spacial score (nSPS) is 26.3. The largest absolute Gasteiger partial charge is 0.278 e. The molecular weight excluding hydrogens is 190 g/mol. The molecule has 1 aromatic carbocycles. The van der Waals surface area contributed by atoms with Gasteiger partial charge in [0.25, 0.3) is 0 Å². The number of aliphatic imine (C=N–C) groups is 1. The molecule has 1 heterocycles. The summed E-state index contributed by atoms with van der Waals surface area (Å²) in [6.45, 7) is 4.44. The van der Waals surface area contributed by atoms with Crippen molar-refractivity contribution in [1.82, 2.24) is 0 Å². The van der Waals surface area contributed by atoms with Gasteiger partial charge in [-0.3, -0.25) is 4.99 Å². The molecule has 0 bridgehead atoms. The van der Waals surface area contributed by atoms with Gasteiger partial charge < -0.3 is 0 Å². The van der Waals surface area contributed by atoms with Crippen LogP contribution < -0.4 is 0 Å². The van der Waals surface area contributed by atoms with E-state index in [4.69, 9.17) is 0 Å². The van der Waals surface area contributed by atoms with Crippen LogP contribution in [0.2, 0.25) is 0 Å². The van der Waals surface area contributed by atoms with Crippen molar-refractivity contribution in [3.8, 4) is 0 Å². The Kier molecular flexibility index (Phi) is 2.92. The summed E-state index contributed by atoms with van der Waals surface area (Å²) in [5, 5.41) is 1.94. The van der Waals surface area contributed by atoms with Crippen LogP contribution in [-0.2, 0) is 6.42 Å². The van der Waals surface area contributed by atoms with Gasteiger partial charge in [0.05, 0.1) is 11.1 Å². The molecule has 1 aliphatic heterocycles. The van der Waals surface area contributed by atoms with E-state index in [0.29, 0.717) is 11.3 Å². The lowest BCUT2D eigenvalue weighted by atomic mass is 10.2. The van der Waals surface area contributed by atoms with Crippen molar-refractivity contribution in [3.05, 3.63) is 35.9 Å². The molecule has 0 spiro atoms. The first-order chi connectivity index (χ1) is 6.75. The van der Waals surface area contributed by atoms with Gasteiger partial charge in [0.1, 0.15) is 0 Å². The first-order valence-corrected chi connectivity index (χ1v) is 5.91. The number of rotatable bonds is 2. The molecule has 0 amide bonds. The maximum atomic E-state index is 4.64. The molecule has 0 saturated heterocycles. The third-order valence-electron chi connectivity index (χ3n) is 2.55. The number of nitrogens with zero attached hydrogens (tertiary/aromatic N) is 1. The molecule has 1 aliphatic rings. The maximum Gasteiger partial charge on any atom is 0.0726 e. The van der Waals surface area contributed by atoms with Gasteiger partial charge >= 0.3 is 0 Å². The first-order valence-electron chi connectivity index (χ1n) is 5.03. The van der Waals surface area contributed by atoms with Gasteiger partial charge in [-0.15, -0.1) is 11.8 Å². The number of benzene rings is 1. The van der Waals surface area contributed by atoms with Crippen LogP contribution in [0, 0.1) is 0 Å². The summed E-state index contributed by atoms with van der Waals surface area (Å²) in [6, 6.07) is 11.0. The summed E-state index contributed by atoms with van der Waals surface area (Å²) in [7, 11) is 0. The number of hydrogen-bond acceptors (Lipinski definition) is 2. The molecule has 1 aromatic rings. The quantitative estimate of drug-likeness (QED) is 0.722. The standard InChI is InChI=1S/C12H15NS/c1-9-10(2)14-12(13-9)8-11-6-4-3-5-7-11/h3-7,9-10H,8H2,1-2H3/t9-,10+/m1/s1. The van der Waals surface area contributed by atoms with Crippen LogP contribution in [-0.4, -0.2) is 16.3 Å². The predicted molar refractivity (Wildman–Crippen MR) is 64.1 cm³/mol. The Hall–Kier alpha value is -0.760. The zero-order valence-corrected chi connectivity index (χ0v) is 9.42. The minimum absolute atomic E-state index is 0.485. The molecule has 0 aromatic heterocycles. The average Bonchev–Trinajstić information content (AvgIpc) is 2.47. The summed E-state index contributed by atoms with van der Waals surface area (Å²) >= 11 is 1.92. The molecule has 0 unspecified atom stereocenters. The van der Waals surface area contributed by atoms with E-state index in [-0.39, 0.29) is 0 Å². The molecule has 14 heavy (non-hydrogen) atoms. The highest BCUT2D eigenvalue weighted by Gasteiger charge is 2.21. The van der Waals surface area contributed by atoms with E-state index in [2.05, 4.69) is 49.2 Å². The van der Waals surface area contributed by atoms with Crippen LogP contribution >= 0.6 is 11.8 Å². The maximum absolute atomic E-state index is 4.64. The fourth-order valence-electron chi connectivity index (χ4n) is 1.53.